The van der Waals surface area contributed by atoms with Gasteiger partial charge in [-0.1, -0.05) is 11.6 Å². The van der Waals surface area contributed by atoms with Crippen LogP contribution in [0.3, 0.4) is 0 Å². The Hall–Kier alpha value is -1.87. The fraction of sp³-hybridized carbons (Fsp3) is 0.562. The summed E-state index contributed by atoms with van der Waals surface area (Å²) < 4.78 is 42.9. The standard InChI is InChI=1S/C16H17ClF3N3O3/c17-11-2-1-10(9-22-11)23-8-5-15(3-6-21-7-4-15)12(13(23)24)26-14(25)16(18,19)20/h1-2,9,12,21H,3-8H2. The van der Waals surface area contributed by atoms with Gasteiger partial charge in [-0.2, -0.15) is 13.2 Å². The highest BCUT2D eigenvalue weighted by Gasteiger charge is 2.54. The molecule has 0 saturated carbocycles. The Kier molecular flexibility index (Phi) is 5.12. The first kappa shape index (κ1) is 18.9. The van der Waals surface area contributed by atoms with E-state index in [-0.39, 0.29) is 5.15 Å². The monoisotopic (exact) mass is 391 g/mol. The zero-order valence-corrected chi connectivity index (χ0v) is 14.4. The summed E-state index contributed by atoms with van der Waals surface area (Å²) in [5.41, 5.74) is -0.393. The topological polar surface area (TPSA) is 71.5 Å². The molecular formula is C16H17ClF3N3O3. The molecule has 1 unspecified atom stereocenters. The molecule has 3 heterocycles. The van der Waals surface area contributed by atoms with Crippen LogP contribution in [0.1, 0.15) is 19.3 Å². The molecule has 0 radical (unpaired) electrons. The molecule has 1 aromatic rings. The van der Waals surface area contributed by atoms with Gasteiger partial charge in [-0.25, -0.2) is 9.78 Å². The van der Waals surface area contributed by atoms with Crippen LogP contribution in [0.25, 0.3) is 0 Å². The van der Waals surface area contributed by atoms with E-state index in [0.717, 1.165) is 0 Å². The number of amides is 1. The number of alkyl halides is 3. The smallest absolute Gasteiger partial charge is 0.445 e. The van der Waals surface area contributed by atoms with Crippen molar-refractivity contribution in [1.29, 1.82) is 0 Å². The Bertz CT molecular complexity index is 690. The van der Waals surface area contributed by atoms with Gasteiger partial charge in [0.15, 0.2) is 6.10 Å². The summed E-state index contributed by atoms with van der Waals surface area (Å²) in [4.78, 5) is 29.6. The molecule has 0 aromatic carbocycles. The number of nitrogens with zero attached hydrogens (tertiary/aromatic N) is 2. The van der Waals surface area contributed by atoms with Gasteiger partial charge in [-0.05, 0) is 44.5 Å². The van der Waals surface area contributed by atoms with Crippen molar-refractivity contribution >= 4 is 29.2 Å². The second-order valence-corrected chi connectivity index (χ2v) is 6.86. The number of carbonyl (C=O) groups excluding carboxylic acids is 2. The number of nitrogens with one attached hydrogen (secondary N) is 1. The molecule has 3 rings (SSSR count). The molecular weight excluding hydrogens is 375 g/mol. The molecule has 0 aliphatic carbocycles. The first-order chi connectivity index (χ1) is 12.2. The number of piperidine rings is 2. The molecule has 10 heteroatoms. The van der Waals surface area contributed by atoms with Crippen LogP contribution in [0, 0.1) is 5.41 Å². The van der Waals surface area contributed by atoms with E-state index >= 15 is 0 Å². The number of carbonyl (C=O) groups is 2. The summed E-state index contributed by atoms with van der Waals surface area (Å²) >= 11 is 5.74. The van der Waals surface area contributed by atoms with Crippen LogP contribution in [0.2, 0.25) is 5.15 Å². The van der Waals surface area contributed by atoms with Gasteiger partial charge in [0.1, 0.15) is 5.15 Å². The summed E-state index contributed by atoms with van der Waals surface area (Å²) in [6.07, 6.45) is -3.92. The predicted octanol–water partition coefficient (Wildman–Crippen LogP) is 2.32. The average molecular weight is 392 g/mol. The maximum atomic E-state index is 12.9. The van der Waals surface area contributed by atoms with Crippen LogP contribution >= 0.6 is 11.6 Å². The first-order valence-electron chi connectivity index (χ1n) is 8.14. The molecule has 1 atom stereocenters. The Morgan fingerprint density at radius 2 is 2.00 bits per heavy atom. The third-order valence-electron chi connectivity index (χ3n) is 4.96. The normalized spacial score (nSPS) is 23.2. The van der Waals surface area contributed by atoms with Crippen molar-refractivity contribution in [2.45, 2.75) is 31.5 Å². The van der Waals surface area contributed by atoms with E-state index < -0.39 is 29.6 Å². The number of rotatable bonds is 2. The van der Waals surface area contributed by atoms with Crippen LogP contribution < -0.4 is 10.2 Å². The predicted molar refractivity (Wildman–Crippen MR) is 86.7 cm³/mol. The Morgan fingerprint density at radius 3 is 2.58 bits per heavy atom. The Labute approximate surface area is 152 Å². The molecule has 1 N–H and O–H groups in total. The molecule has 142 valence electrons. The van der Waals surface area contributed by atoms with Crippen LogP contribution in [0.5, 0.6) is 0 Å². The number of pyridine rings is 1. The van der Waals surface area contributed by atoms with E-state index in [1.165, 1.54) is 17.2 Å². The number of ether oxygens (including phenoxy) is 1. The van der Waals surface area contributed by atoms with Crippen molar-refractivity contribution in [3.05, 3.63) is 23.5 Å². The van der Waals surface area contributed by atoms with Crippen molar-refractivity contribution in [2.24, 2.45) is 5.41 Å². The van der Waals surface area contributed by atoms with Crippen molar-refractivity contribution < 1.29 is 27.5 Å². The minimum Gasteiger partial charge on any atom is -0.445 e. The molecule has 1 amide bonds. The van der Waals surface area contributed by atoms with E-state index in [1.807, 2.05) is 0 Å². The third-order valence-corrected chi connectivity index (χ3v) is 5.18. The second kappa shape index (κ2) is 7.03. The summed E-state index contributed by atoms with van der Waals surface area (Å²) in [5.74, 6) is -3.01. The van der Waals surface area contributed by atoms with Crippen molar-refractivity contribution in [3.8, 4) is 0 Å². The molecule has 2 aliphatic heterocycles. The lowest BCUT2D eigenvalue weighted by molar-refractivity contribution is -0.212. The fourth-order valence-electron chi connectivity index (χ4n) is 3.55. The van der Waals surface area contributed by atoms with Gasteiger partial charge in [-0.3, -0.25) is 4.79 Å². The highest BCUT2D eigenvalue weighted by atomic mass is 35.5. The summed E-state index contributed by atoms with van der Waals surface area (Å²) in [7, 11) is 0. The van der Waals surface area contributed by atoms with Gasteiger partial charge in [-0.15, -0.1) is 0 Å². The van der Waals surface area contributed by atoms with Crippen LogP contribution in [0.4, 0.5) is 18.9 Å². The summed E-state index contributed by atoms with van der Waals surface area (Å²) in [6, 6.07) is 3.03. The van der Waals surface area contributed by atoms with Crippen LogP contribution in [-0.4, -0.2) is 48.8 Å². The quantitative estimate of drug-likeness (QED) is 0.619. The van der Waals surface area contributed by atoms with E-state index in [0.29, 0.717) is 44.6 Å². The van der Waals surface area contributed by atoms with Gasteiger partial charge in [0.05, 0.1) is 11.9 Å². The number of halogens is 4. The number of hydrogen-bond acceptors (Lipinski definition) is 5. The molecule has 2 aliphatic rings. The van der Waals surface area contributed by atoms with Gasteiger partial charge in [0.25, 0.3) is 5.91 Å². The van der Waals surface area contributed by atoms with Gasteiger partial charge in [0, 0.05) is 12.0 Å². The zero-order chi connectivity index (χ0) is 18.9. The summed E-state index contributed by atoms with van der Waals surface area (Å²) in [5, 5.41) is 3.34. The van der Waals surface area contributed by atoms with E-state index in [9.17, 15) is 22.8 Å². The third kappa shape index (κ3) is 3.64. The van der Waals surface area contributed by atoms with Gasteiger partial charge >= 0.3 is 12.1 Å². The lowest BCUT2D eigenvalue weighted by atomic mass is 9.69. The fourth-order valence-corrected chi connectivity index (χ4v) is 3.66. The van der Waals surface area contributed by atoms with Crippen molar-refractivity contribution in [1.82, 2.24) is 10.3 Å². The van der Waals surface area contributed by atoms with Gasteiger partial charge in [0.2, 0.25) is 0 Å². The van der Waals surface area contributed by atoms with Gasteiger partial charge < -0.3 is 15.0 Å². The molecule has 6 nitrogen and oxygen atoms in total. The zero-order valence-electron chi connectivity index (χ0n) is 13.7. The number of anilines is 1. The highest BCUT2D eigenvalue weighted by Crippen LogP contribution is 2.43. The number of aromatic nitrogens is 1. The lowest BCUT2D eigenvalue weighted by Gasteiger charge is -2.48. The molecule has 2 fully saturated rings. The molecule has 1 aromatic heterocycles. The Morgan fingerprint density at radius 1 is 1.31 bits per heavy atom. The minimum absolute atomic E-state index is 0.230. The largest absolute Gasteiger partial charge is 0.490 e. The second-order valence-electron chi connectivity index (χ2n) is 6.47. The van der Waals surface area contributed by atoms with Crippen LogP contribution in [0.15, 0.2) is 18.3 Å². The number of esters is 1. The minimum atomic E-state index is -5.15. The van der Waals surface area contributed by atoms with E-state index in [1.54, 1.807) is 6.07 Å². The van der Waals surface area contributed by atoms with E-state index in [2.05, 4.69) is 10.3 Å². The molecule has 2 saturated heterocycles. The number of hydrogen-bond donors (Lipinski definition) is 1. The lowest BCUT2D eigenvalue weighted by Crippen LogP contribution is -2.60. The first-order valence-corrected chi connectivity index (χ1v) is 8.52. The van der Waals surface area contributed by atoms with Crippen LogP contribution in [-0.2, 0) is 14.3 Å². The van der Waals surface area contributed by atoms with Crippen molar-refractivity contribution in [2.75, 3.05) is 24.5 Å². The molecule has 1 spiro atoms. The van der Waals surface area contributed by atoms with Crippen molar-refractivity contribution in [3.63, 3.8) is 0 Å². The maximum absolute atomic E-state index is 12.9. The molecule has 26 heavy (non-hydrogen) atoms. The summed E-state index contributed by atoms with van der Waals surface area (Å²) in [6.45, 7) is 1.41. The maximum Gasteiger partial charge on any atom is 0.490 e. The Balaban J connectivity index is 1.90. The van der Waals surface area contributed by atoms with E-state index in [4.69, 9.17) is 16.3 Å². The highest BCUT2D eigenvalue weighted by molar-refractivity contribution is 6.29. The SMILES string of the molecule is O=C1C(OC(=O)C(F)(F)F)C2(CCNCC2)CCN1c1ccc(Cl)nc1. The molecule has 0 bridgehead atoms. The average Bonchev–Trinajstić information content (AvgIpc) is 2.60.